The summed E-state index contributed by atoms with van der Waals surface area (Å²) in [5, 5.41) is 9.60. The molecule has 1 heterocycles. The Bertz CT molecular complexity index is 404. The minimum absolute atomic E-state index is 0.626. The Labute approximate surface area is 100.0 Å². The zero-order valence-electron chi connectivity index (χ0n) is 9.22. The van der Waals surface area contributed by atoms with Gasteiger partial charge >= 0.3 is 0 Å². The molecule has 0 aromatic carbocycles. The number of allylic oxidation sites excluding steroid dienone is 1. The molecule has 0 amide bonds. The number of thiophene rings is 1. The minimum Gasteiger partial charge on any atom is -0.193 e. The lowest BCUT2D eigenvalue weighted by Gasteiger charge is -1.98. The third-order valence-corrected chi connectivity index (χ3v) is 4.00. The topological polar surface area (TPSA) is 23.8 Å². The third-order valence-electron chi connectivity index (χ3n) is 2.28. The van der Waals surface area contributed by atoms with Crippen LogP contribution in [0.1, 0.15) is 35.1 Å². The zero-order chi connectivity index (χ0) is 11.4. The van der Waals surface area contributed by atoms with Gasteiger partial charge in [0, 0.05) is 15.3 Å². The highest BCUT2D eigenvalue weighted by atomic mass is 35.5. The first-order valence-corrected chi connectivity index (χ1v) is 6.15. The van der Waals surface area contributed by atoms with Crippen LogP contribution in [0.25, 0.3) is 5.03 Å². The first-order valence-electron chi connectivity index (χ1n) is 4.96. The maximum atomic E-state index is 8.98. The highest BCUT2D eigenvalue weighted by Crippen LogP contribution is 2.32. The van der Waals surface area contributed by atoms with E-state index in [1.54, 1.807) is 11.3 Å². The molecule has 3 heteroatoms. The molecule has 0 radical (unpaired) electrons. The Morgan fingerprint density at radius 3 is 2.60 bits per heavy atom. The van der Waals surface area contributed by atoms with Crippen molar-refractivity contribution in [3.8, 4) is 6.07 Å². The van der Waals surface area contributed by atoms with E-state index >= 15 is 0 Å². The van der Waals surface area contributed by atoms with Crippen LogP contribution in [0.4, 0.5) is 0 Å². The van der Waals surface area contributed by atoms with Crippen molar-refractivity contribution in [1.82, 2.24) is 0 Å². The van der Waals surface area contributed by atoms with Gasteiger partial charge in [0.05, 0.1) is 11.1 Å². The van der Waals surface area contributed by atoms with Gasteiger partial charge in [-0.15, -0.1) is 11.3 Å². The summed E-state index contributed by atoms with van der Waals surface area (Å²) in [5.74, 6) is 0. The van der Waals surface area contributed by atoms with Gasteiger partial charge in [-0.3, -0.25) is 0 Å². The summed E-state index contributed by atoms with van der Waals surface area (Å²) >= 11 is 7.86. The van der Waals surface area contributed by atoms with Gasteiger partial charge < -0.3 is 0 Å². The summed E-state index contributed by atoms with van der Waals surface area (Å²) < 4.78 is 0. The average molecular weight is 240 g/mol. The van der Waals surface area contributed by atoms with E-state index in [0.717, 1.165) is 17.7 Å². The fourth-order valence-corrected chi connectivity index (χ4v) is 2.60. The minimum atomic E-state index is 0.626. The molecule has 0 saturated heterocycles. The lowest BCUT2D eigenvalue weighted by atomic mass is 10.1. The van der Waals surface area contributed by atoms with Crippen molar-refractivity contribution in [3.63, 3.8) is 0 Å². The molecular weight excluding hydrogens is 226 g/mol. The largest absolute Gasteiger partial charge is 0.193 e. The molecule has 0 N–H and O–H groups in total. The molecule has 0 aliphatic heterocycles. The van der Waals surface area contributed by atoms with Crippen molar-refractivity contribution in [2.24, 2.45) is 0 Å². The second-order valence-electron chi connectivity index (χ2n) is 3.50. The van der Waals surface area contributed by atoms with Gasteiger partial charge in [-0.2, -0.15) is 5.26 Å². The number of rotatable bonds is 3. The first kappa shape index (κ1) is 12.3. The normalized spacial score (nSPS) is 12.2. The van der Waals surface area contributed by atoms with E-state index < -0.39 is 0 Å². The second kappa shape index (κ2) is 5.34. The molecule has 1 aromatic rings. The van der Waals surface area contributed by atoms with Crippen LogP contribution < -0.4 is 0 Å². The predicted molar refractivity (Wildman–Crippen MR) is 67.1 cm³/mol. The number of nitrogens with zero attached hydrogens (tertiary/aromatic N) is 1. The van der Waals surface area contributed by atoms with Crippen molar-refractivity contribution >= 4 is 28.0 Å². The van der Waals surface area contributed by atoms with E-state index in [1.165, 1.54) is 10.4 Å². The summed E-state index contributed by atoms with van der Waals surface area (Å²) in [6.45, 7) is 6.18. The van der Waals surface area contributed by atoms with E-state index in [4.69, 9.17) is 16.9 Å². The molecule has 0 bridgehead atoms. The highest BCUT2D eigenvalue weighted by Gasteiger charge is 2.09. The number of aryl methyl sites for hydroxylation is 2. The predicted octanol–water partition coefficient (Wildman–Crippen LogP) is 4.64. The Hall–Kier alpha value is -0.780. The van der Waals surface area contributed by atoms with Crippen LogP contribution in [0.3, 0.4) is 0 Å². The van der Waals surface area contributed by atoms with Crippen molar-refractivity contribution in [1.29, 1.82) is 5.26 Å². The van der Waals surface area contributed by atoms with Crippen LogP contribution in [0.2, 0.25) is 0 Å². The molecule has 0 aliphatic rings. The SMILES string of the molecule is CCCC(C#N)=C(Cl)c1cc(C)c(C)s1. The maximum Gasteiger partial charge on any atom is 0.0963 e. The lowest BCUT2D eigenvalue weighted by Crippen LogP contribution is -1.82. The zero-order valence-corrected chi connectivity index (χ0v) is 10.8. The van der Waals surface area contributed by atoms with Crippen molar-refractivity contribution in [2.75, 3.05) is 0 Å². The summed E-state index contributed by atoms with van der Waals surface area (Å²) in [5.41, 5.74) is 1.93. The highest BCUT2D eigenvalue weighted by molar-refractivity contribution is 7.14. The van der Waals surface area contributed by atoms with Crippen molar-refractivity contribution < 1.29 is 0 Å². The van der Waals surface area contributed by atoms with Crippen molar-refractivity contribution in [2.45, 2.75) is 33.6 Å². The quantitative estimate of drug-likeness (QED) is 0.705. The van der Waals surface area contributed by atoms with Gasteiger partial charge in [0.15, 0.2) is 0 Å². The Balaban J connectivity index is 3.11. The summed E-state index contributed by atoms with van der Waals surface area (Å²) in [4.78, 5) is 2.27. The molecule has 15 heavy (non-hydrogen) atoms. The van der Waals surface area contributed by atoms with Gasteiger partial charge in [0.2, 0.25) is 0 Å². The van der Waals surface area contributed by atoms with Crippen LogP contribution in [-0.4, -0.2) is 0 Å². The molecule has 0 spiro atoms. The number of halogens is 1. The average Bonchev–Trinajstić information content (AvgIpc) is 2.55. The van der Waals surface area contributed by atoms with E-state index in [2.05, 4.69) is 26.0 Å². The second-order valence-corrected chi connectivity index (χ2v) is 5.14. The standard InChI is InChI=1S/C12H14ClNS/c1-4-5-10(7-14)12(13)11-6-8(2)9(3)15-11/h6H,4-5H2,1-3H3. The molecule has 0 fully saturated rings. The first-order chi connectivity index (χ1) is 7.10. The summed E-state index contributed by atoms with van der Waals surface area (Å²) in [6, 6.07) is 4.24. The van der Waals surface area contributed by atoms with Crippen molar-refractivity contribution in [3.05, 3.63) is 27.0 Å². The van der Waals surface area contributed by atoms with E-state index in [9.17, 15) is 0 Å². The molecule has 0 saturated carbocycles. The number of hydrogen-bond acceptors (Lipinski definition) is 2. The van der Waals surface area contributed by atoms with Gasteiger partial charge in [0.1, 0.15) is 0 Å². The number of hydrogen-bond donors (Lipinski definition) is 0. The molecule has 1 aromatic heterocycles. The van der Waals surface area contributed by atoms with E-state index in [-0.39, 0.29) is 0 Å². The smallest absolute Gasteiger partial charge is 0.0963 e. The van der Waals surface area contributed by atoms with Gasteiger partial charge in [-0.25, -0.2) is 0 Å². The Morgan fingerprint density at radius 2 is 2.20 bits per heavy atom. The molecular formula is C12H14ClNS. The fourth-order valence-electron chi connectivity index (χ4n) is 1.29. The Morgan fingerprint density at radius 1 is 1.53 bits per heavy atom. The van der Waals surface area contributed by atoms with E-state index in [1.807, 2.05) is 6.92 Å². The lowest BCUT2D eigenvalue weighted by molar-refractivity contribution is 0.933. The van der Waals surface area contributed by atoms with Gasteiger partial charge in [-0.1, -0.05) is 24.9 Å². The fraction of sp³-hybridized carbons (Fsp3) is 0.417. The van der Waals surface area contributed by atoms with Crippen LogP contribution in [-0.2, 0) is 0 Å². The van der Waals surface area contributed by atoms with Crippen LogP contribution in [0, 0.1) is 25.2 Å². The van der Waals surface area contributed by atoms with Crippen LogP contribution in [0.5, 0.6) is 0 Å². The van der Waals surface area contributed by atoms with Crippen LogP contribution in [0.15, 0.2) is 11.6 Å². The van der Waals surface area contributed by atoms with Crippen LogP contribution >= 0.6 is 22.9 Å². The molecule has 0 aliphatic carbocycles. The Kier molecular flexibility index (Phi) is 4.38. The summed E-state index contributed by atoms with van der Waals surface area (Å²) in [6.07, 6.45) is 1.70. The molecule has 80 valence electrons. The molecule has 0 unspecified atom stereocenters. The summed E-state index contributed by atoms with van der Waals surface area (Å²) in [7, 11) is 0. The molecule has 0 atom stereocenters. The van der Waals surface area contributed by atoms with Gasteiger partial charge in [-0.05, 0) is 31.9 Å². The maximum absolute atomic E-state index is 8.98. The molecule has 1 nitrogen and oxygen atoms in total. The third kappa shape index (κ3) is 2.84. The number of nitriles is 1. The van der Waals surface area contributed by atoms with E-state index in [0.29, 0.717) is 10.6 Å². The molecule has 1 rings (SSSR count). The monoisotopic (exact) mass is 239 g/mol. The van der Waals surface area contributed by atoms with Gasteiger partial charge in [0.25, 0.3) is 0 Å².